The third kappa shape index (κ3) is 3.66. The number of amides is 1. The Labute approximate surface area is 168 Å². The summed E-state index contributed by atoms with van der Waals surface area (Å²) < 4.78 is 0. The number of fused-ring (bicyclic) bond motifs is 1. The molecule has 4 rings (SSSR count). The molecule has 1 saturated heterocycles. The molecule has 0 spiro atoms. The summed E-state index contributed by atoms with van der Waals surface area (Å²) in [6.07, 6.45) is 4.05. The summed E-state index contributed by atoms with van der Waals surface area (Å²) in [7, 11) is 0. The number of nitrogens with zero attached hydrogens (tertiary/aromatic N) is 2. The van der Waals surface area contributed by atoms with Crippen LogP contribution in [0.25, 0.3) is 0 Å². The van der Waals surface area contributed by atoms with Crippen LogP contribution < -0.4 is 10.2 Å². The summed E-state index contributed by atoms with van der Waals surface area (Å²) in [6.45, 7) is 7.71. The summed E-state index contributed by atoms with van der Waals surface area (Å²) in [5.41, 5.74) is 3.20. The first-order valence-corrected chi connectivity index (χ1v) is 10.7. The summed E-state index contributed by atoms with van der Waals surface area (Å²) >= 11 is 0. The second-order valence-electron chi connectivity index (χ2n) is 8.06. The first-order chi connectivity index (χ1) is 13.7. The Morgan fingerprint density at radius 3 is 2.39 bits per heavy atom. The molecule has 2 aliphatic heterocycles. The molecular formula is C24H31N3O. The van der Waals surface area contributed by atoms with Gasteiger partial charge in [0.2, 0.25) is 5.91 Å². The first kappa shape index (κ1) is 19.0. The molecule has 0 radical (unpaired) electrons. The van der Waals surface area contributed by atoms with E-state index in [2.05, 4.69) is 64.5 Å². The van der Waals surface area contributed by atoms with Gasteiger partial charge in [-0.25, -0.2) is 0 Å². The van der Waals surface area contributed by atoms with Crippen LogP contribution in [0.3, 0.4) is 0 Å². The lowest BCUT2D eigenvalue weighted by molar-refractivity contribution is -0.121. The first-order valence-electron chi connectivity index (χ1n) is 10.7. The predicted octanol–water partition coefficient (Wildman–Crippen LogP) is 4.28. The van der Waals surface area contributed by atoms with Crippen molar-refractivity contribution in [1.82, 2.24) is 4.90 Å². The van der Waals surface area contributed by atoms with E-state index >= 15 is 0 Å². The maximum atomic E-state index is 12.7. The molecular weight excluding hydrogens is 346 g/mol. The molecule has 0 saturated carbocycles. The molecule has 2 aromatic carbocycles. The number of piperazine rings is 1. The van der Waals surface area contributed by atoms with Crippen molar-refractivity contribution in [3.05, 3.63) is 60.2 Å². The number of nitrogens with one attached hydrogen (secondary N) is 1. The van der Waals surface area contributed by atoms with Gasteiger partial charge in [0, 0.05) is 37.6 Å². The van der Waals surface area contributed by atoms with E-state index < -0.39 is 0 Å². The van der Waals surface area contributed by atoms with Gasteiger partial charge in [-0.05, 0) is 49.6 Å². The van der Waals surface area contributed by atoms with Crippen LogP contribution in [0.4, 0.5) is 11.4 Å². The van der Waals surface area contributed by atoms with Crippen LogP contribution in [0.1, 0.15) is 38.2 Å². The van der Waals surface area contributed by atoms with Gasteiger partial charge in [-0.3, -0.25) is 9.69 Å². The van der Waals surface area contributed by atoms with Gasteiger partial charge in [0.15, 0.2) is 0 Å². The van der Waals surface area contributed by atoms with Gasteiger partial charge in [-0.1, -0.05) is 49.7 Å². The Hall–Kier alpha value is -2.33. The fourth-order valence-electron chi connectivity index (χ4n) is 4.78. The van der Waals surface area contributed by atoms with Gasteiger partial charge in [0.25, 0.3) is 0 Å². The van der Waals surface area contributed by atoms with Gasteiger partial charge in [-0.2, -0.15) is 0 Å². The van der Waals surface area contributed by atoms with Crippen molar-refractivity contribution in [3.63, 3.8) is 0 Å². The zero-order valence-corrected chi connectivity index (χ0v) is 16.9. The SMILES string of the molecule is CCC1(CCCCN2CCN(c3ccccc3)CC2)C(=O)Nc2ccccc21. The van der Waals surface area contributed by atoms with Crippen LogP contribution in [0.2, 0.25) is 0 Å². The Morgan fingerprint density at radius 1 is 0.929 bits per heavy atom. The molecule has 1 N–H and O–H groups in total. The van der Waals surface area contributed by atoms with Gasteiger partial charge >= 0.3 is 0 Å². The number of hydrogen-bond acceptors (Lipinski definition) is 3. The molecule has 2 aliphatic rings. The monoisotopic (exact) mass is 377 g/mol. The Kier molecular flexibility index (Phi) is 5.67. The quantitative estimate of drug-likeness (QED) is 0.732. The minimum absolute atomic E-state index is 0.188. The molecule has 1 atom stereocenters. The number of anilines is 2. The minimum Gasteiger partial charge on any atom is -0.369 e. The lowest BCUT2D eigenvalue weighted by Crippen LogP contribution is -2.46. The van der Waals surface area contributed by atoms with E-state index in [9.17, 15) is 4.79 Å². The Bertz CT molecular complexity index is 799. The number of benzene rings is 2. The molecule has 1 fully saturated rings. The highest BCUT2D eigenvalue weighted by Crippen LogP contribution is 2.43. The summed E-state index contributed by atoms with van der Waals surface area (Å²) in [5.74, 6) is 0.188. The van der Waals surface area contributed by atoms with Gasteiger partial charge in [0.05, 0.1) is 5.41 Å². The molecule has 2 heterocycles. The summed E-state index contributed by atoms with van der Waals surface area (Å²) in [6, 6.07) is 18.9. The standard InChI is InChI=1S/C24H31N3O/c1-2-24(21-12-6-7-13-22(21)25-23(24)28)14-8-9-15-26-16-18-27(19-17-26)20-10-4-3-5-11-20/h3-7,10-13H,2,8-9,14-19H2,1H3,(H,25,28). The highest BCUT2D eigenvalue weighted by atomic mass is 16.2. The number of para-hydroxylation sites is 2. The van der Waals surface area contributed by atoms with E-state index in [1.165, 1.54) is 11.3 Å². The zero-order chi connectivity index (χ0) is 19.4. The number of unbranched alkanes of at least 4 members (excludes halogenated alkanes) is 1. The van der Waals surface area contributed by atoms with Crippen LogP contribution in [0.5, 0.6) is 0 Å². The Balaban J connectivity index is 1.26. The molecule has 148 valence electrons. The van der Waals surface area contributed by atoms with Crippen molar-refractivity contribution in [2.75, 3.05) is 42.9 Å². The predicted molar refractivity (Wildman–Crippen MR) is 116 cm³/mol. The highest BCUT2D eigenvalue weighted by molar-refractivity contribution is 6.06. The minimum atomic E-state index is -0.331. The third-order valence-corrected chi connectivity index (χ3v) is 6.55. The van der Waals surface area contributed by atoms with Crippen molar-refractivity contribution >= 4 is 17.3 Å². The van der Waals surface area contributed by atoms with E-state index in [1.54, 1.807) is 0 Å². The topological polar surface area (TPSA) is 35.6 Å². The van der Waals surface area contributed by atoms with E-state index in [1.807, 2.05) is 12.1 Å². The van der Waals surface area contributed by atoms with Crippen LogP contribution >= 0.6 is 0 Å². The van der Waals surface area contributed by atoms with Gasteiger partial charge in [-0.15, -0.1) is 0 Å². The van der Waals surface area contributed by atoms with E-state index in [4.69, 9.17) is 0 Å². The third-order valence-electron chi connectivity index (χ3n) is 6.55. The summed E-state index contributed by atoms with van der Waals surface area (Å²) in [5, 5.41) is 3.10. The van der Waals surface area contributed by atoms with E-state index in [-0.39, 0.29) is 11.3 Å². The van der Waals surface area contributed by atoms with Gasteiger partial charge < -0.3 is 10.2 Å². The van der Waals surface area contributed by atoms with Crippen molar-refractivity contribution in [3.8, 4) is 0 Å². The zero-order valence-electron chi connectivity index (χ0n) is 16.9. The fraction of sp³-hybridized carbons (Fsp3) is 0.458. The van der Waals surface area contributed by atoms with Crippen LogP contribution in [0, 0.1) is 0 Å². The molecule has 1 unspecified atom stereocenters. The number of carbonyl (C=O) groups excluding carboxylic acids is 1. The molecule has 4 nitrogen and oxygen atoms in total. The molecule has 28 heavy (non-hydrogen) atoms. The second-order valence-corrected chi connectivity index (χ2v) is 8.06. The second kappa shape index (κ2) is 8.36. The molecule has 0 bridgehead atoms. The molecule has 4 heteroatoms. The normalized spacial score (nSPS) is 22.2. The van der Waals surface area contributed by atoms with Crippen molar-refractivity contribution < 1.29 is 4.79 Å². The summed E-state index contributed by atoms with van der Waals surface area (Å²) in [4.78, 5) is 17.8. The van der Waals surface area contributed by atoms with Gasteiger partial charge in [0.1, 0.15) is 0 Å². The van der Waals surface area contributed by atoms with Crippen LogP contribution in [-0.2, 0) is 10.2 Å². The number of hydrogen-bond donors (Lipinski definition) is 1. The smallest absolute Gasteiger partial charge is 0.235 e. The lowest BCUT2D eigenvalue weighted by atomic mass is 9.75. The lowest BCUT2D eigenvalue weighted by Gasteiger charge is -2.36. The average molecular weight is 378 g/mol. The highest BCUT2D eigenvalue weighted by Gasteiger charge is 2.44. The van der Waals surface area contributed by atoms with E-state index in [0.29, 0.717) is 0 Å². The van der Waals surface area contributed by atoms with Crippen molar-refractivity contribution in [2.45, 2.75) is 38.0 Å². The largest absolute Gasteiger partial charge is 0.369 e. The fourth-order valence-corrected chi connectivity index (χ4v) is 4.78. The Morgan fingerprint density at radius 2 is 1.64 bits per heavy atom. The molecule has 0 aromatic heterocycles. The number of rotatable bonds is 7. The molecule has 1 amide bonds. The molecule has 0 aliphatic carbocycles. The van der Waals surface area contributed by atoms with Crippen molar-refractivity contribution in [1.29, 1.82) is 0 Å². The van der Waals surface area contributed by atoms with Crippen molar-refractivity contribution in [2.24, 2.45) is 0 Å². The van der Waals surface area contributed by atoms with Crippen LogP contribution in [0.15, 0.2) is 54.6 Å². The number of carbonyl (C=O) groups is 1. The van der Waals surface area contributed by atoms with E-state index in [0.717, 1.165) is 64.1 Å². The molecule has 2 aromatic rings. The average Bonchev–Trinajstić information content (AvgIpc) is 3.04. The maximum absolute atomic E-state index is 12.7. The maximum Gasteiger partial charge on any atom is 0.235 e. The van der Waals surface area contributed by atoms with Crippen LogP contribution in [-0.4, -0.2) is 43.5 Å².